The van der Waals surface area contributed by atoms with Crippen molar-refractivity contribution in [2.24, 2.45) is 17.8 Å². The first kappa shape index (κ1) is 20.2. The Hall–Kier alpha value is -1.73. The van der Waals surface area contributed by atoms with Gasteiger partial charge in [-0.15, -0.1) is 0 Å². The Morgan fingerprint density at radius 2 is 1.87 bits per heavy atom. The molecule has 2 N–H and O–H groups in total. The number of aliphatic hydroxyl groups is 1. The van der Waals surface area contributed by atoms with Gasteiger partial charge in [-0.05, 0) is 49.9 Å². The normalized spacial score (nSPS) is 35.5. The highest BCUT2D eigenvalue weighted by molar-refractivity contribution is 5.95. The van der Waals surface area contributed by atoms with E-state index in [0.717, 1.165) is 50.9 Å². The van der Waals surface area contributed by atoms with Crippen molar-refractivity contribution in [1.29, 1.82) is 0 Å². The molecule has 30 heavy (non-hydrogen) atoms. The summed E-state index contributed by atoms with van der Waals surface area (Å²) in [5, 5.41) is 14.2. The van der Waals surface area contributed by atoms with Crippen LogP contribution in [-0.2, 0) is 10.2 Å². The van der Waals surface area contributed by atoms with Crippen LogP contribution in [0, 0.1) is 17.8 Å². The minimum absolute atomic E-state index is 0.0714. The van der Waals surface area contributed by atoms with E-state index in [2.05, 4.69) is 36.0 Å². The molecule has 2 unspecified atom stereocenters. The number of morpholine rings is 1. The van der Waals surface area contributed by atoms with Gasteiger partial charge >= 0.3 is 0 Å². The average molecular weight is 415 g/mol. The second-order valence-electron chi connectivity index (χ2n) is 11.0. The lowest BCUT2D eigenvalue weighted by Gasteiger charge is -2.58. The Morgan fingerprint density at radius 3 is 2.47 bits per heavy atom. The number of nitrogens with one attached hydrogen (secondary N) is 1. The topological polar surface area (TPSA) is 87.6 Å². The summed E-state index contributed by atoms with van der Waals surface area (Å²) in [6.07, 6.45) is 6.56. The number of anilines is 1. The molecule has 0 radical (unpaired) electrons. The Balaban J connectivity index is 1.38. The first-order chi connectivity index (χ1) is 14.2. The third-order valence-corrected chi connectivity index (χ3v) is 7.56. The zero-order valence-electron chi connectivity index (χ0n) is 18.4. The molecule has 4 bridgehead atoms. The quantitative estimate of drug-likeness (QED) is 0.789. The molecule has 5 aliphatic rings. The van der Waals surface area contributed by atoms with Crippen LogP contribution >= 0.6 is 0 Å². The summed E-state index contributed by atoms with van der Waals surface area (Å²) < 4.78 is 5.44. The van der Waals surface area contributed by atoms with Crippen molar-refractivity contribution in [3.8, 4) is 0 Å². The molecule has 1 saturated heterocycles. The number of hydrogen-bond donors (Lipinski definition) is 2. The predicted octanol–water partition coefficient (Wildman–Crippen LogP) is 2.28. The van der Waals surface area contributed by atoms with Crippen molar-refractivity contribution in [3.63, 3.8) is 0 Å². The third kappa shape index (κ3) is 3.60. The highest BCUT2D eigenvalue weighted by Gasteiger charge is 2.55. The molecule has 164 valence electrons. The molecule has 4 aliphatic carbocycles. The van der Waals surface area contributed by atoms with E-state index in [1.807, 2.05) is 0 Å². The maximum absolute atomic E-state index is 13.4. The molecule has 1 aromatic rings. The van der Waals surface area contributed by atoms with Crippen LogP contribution in [0.4, 0.5) is 5.95 Å². The lowest BCUT2D eigenvalue weighted by Crippen LogP contribution is -2.61. The van der Waals surface area contributed by atoms with E-state index < -0.39 is 5.60 Å². The highest BCUT2D eigenvalue weighted by atomic mass is 16.5. The van der Waals surface area contributed by atoms with Gasteiger partial charge in [-0.1, -0.05) is 20.8 Å². The van der Waals surface area contributed by atoms with Gasteiger partial charge in [0.05, 0.1) is 30.1 Å². The Morgan fingerprint density at radius 1 is 1.20 bits per heavy atom. The molecule has 4 saturated carbocycles. The minimum Gasteiger partial charge on any atom is -0.390 e. The first-order valence-corrected chi connectivity index (χ1v) is 11.5. The zero-order valence-corrected chi connectivity index (χ0v) is 18.4. The number of amides is 1. The van der Waals surface area contributed by atoms with Gasteiger partial charge in [0.15, 0.2) is 0 Å². The number of nitrogens with zero attached hydrogens (tertiary/aromatic N) is 3. The summed E-state index contributed by atoms with van der Waals surface area (Å²) in [7, 11) is 0. The van der Waals surface area contributed by atoms with E-state index >= 15 is 0 Å². The number of hydrogen-bond acceptors (Lipinski definition) is 6. The van der Waals surface area contributed by atoms with Gasteiger partial charge in [0.25, 0.3) is 5.91 Å². The van der Waals surface area contributed by atoms with E-state index in [4.69, 9.17) is 9.72 Å². The molecule has 7 nitrogen and oxygen atoms in total. The summed E-state index contributed by atoms with van der Waals surface area (Å²) in [4.78, 5) is 24.9. The van der Waals surface area contributed by atoms with Crippen molar-refractivity contribution >= 4 is 11.9 Å². The molecule has 1 aliphatic heterocycles. The van der Waals surface area contributed by atoms with E-state index in [0.29, 0.717) is 42.5 Å². The Kier molecular flexibility index (Phi) is 4.82. The van der Waals surface area contributed by atoms with Gasteiger partial charge in [0.2, 0.25) is 5.95 Å². The van der Waals surface area contributed by atoms with Gasteiger partial charge in [-0.2, -0.15) is 0 Å². The van der Waals surface area contributed by atoms with Crippen LogP contribution < -0.4 is 10.2 Å². The average Bonchev–Trinajstić information content (AvgIpc) is 2.69. The molecule has 0 aromatic carbocycles. The van der Waals surface area contributed by atoms with Crippen LogP contribution in [0.2, 0.25) is 0 Å². The maximum Gasteiger partial charge on any atom is 0.254 e. The van der Waals surface area contributed by atoms with E-state index in [1.54, 1.807) is 6.20 Å². The molecule has 7 heteroatoms. The lowest BCUT2D eigenvalue weighted by molar-refractivity contribution is -0.136. The monoisotopic (exact) mass is 414 g/mol. The van der Waals surface area contributed by atoms with Gasteiger partial charge in [-0.25, -0.2) is 9.97 Å². The van der Waals surface area contributed by atoms with Crippen molar-refractivity contribution in [2.45, 2.75) is 69.9 Å². The molecule has 0 spiro atoms. The van der Waals surface area contributed by atoms with Crippen molar-refractivity contribution < 1.29 is 14.6 Å². The molecular formula is C23H34N4O3. The molecule has 1 aromatic heterocycles. The second kappa shape index (κ2) is 7.16. The van der Waals surface area contributed by atoms with Crippen molar-refractivity contribution in [3.05, 3.63) is 17.5 Å². The fourth-order valence-electron chi connectivity index (χ4n) is 6.47. The fourth-order valence-corrected chi connectivity index (χ4v) is 6.47. The maximum atomic E-state index is 13.4. The van der Waals surface area contributed by atoms with Crippen LogP contribution in [0.3, 0.4) is 0 Å². The number of carbonyl (C=O) groups excluding carboxylic acids is 1. The van der Waals surface area contributed by atoms with Crippen LogP contribution in [0.25, 0.3) is 0 Å². The lowest BCUT2D eigenvalue weighted by atomic mass is 9.52. The SMILES string of the molecule is CC(C)(C)c1nc(N2CCOCC2)ncc1C(=O)NC1C2CC3CC1CC(O)(C3)C2. The van der Waals surface area contributed by atoms with Gasteiger partial charge in [0, 0.05) is 30.7 Å². The van der Waals surface area contributed by atoms with Gasteiger partial charge < -0.3 is 20.1 Å². The molecule has 6 rings (SSSR count). The smallest absolute Gasteiger partial charge is 0.254 e. The van der Waals surface area contributed by atoms with Crippen molar-refractivity contribution in [1.82, 2.24) is 15.3 Å². The first-order valence-electron chi connectivity index (χ1n) is 11.5. The standard InChI is InChI=1S/C23H34N4O3/c1-22(2,3)19-17(13-24-21(26-19)27-4-6-30-7-5-27)20(28)25-18-15-8-14-9-16(18)12-23(29,10-14)11-15/h13-16,18,29H,4-12H2,1-3H3,(H,25,28). The third-order valence-electron chi connectivity index (χ3n) is 7.56. The van der Waals surface area contributed by atoms with E-state index in [-0.39, 0.29) is 17.4 Å². The fraction of sp³-hybridized carbons (Fsp3) is 0.783. The minimum atomic E-state index is -0.489. The molecule has 2 heterocycles. The molecule has 2 atom stereocenters. The highest BCUT2D eigenvalue weighted by Crippen LogP contribution is 2.55. The Bertz CT molecular complexity index is 814. The number of carbonyl (C=O) groups is 1. The second-order valence-corrected chi connectivity index (χ2v) is 11.0. The summed E-state index contributed by atoms with van der Waals surface area (Å²) in [5.74, 6) is 2.00. The summed E-state index contributed by atoms with van der Waals surface area (Å²) >= 11 is 0. The predicted molar refractivity (Wildman–Crippen MR) is 114 cm³/mol. The summed E-state index contributed by atoms with van der Waals surface area (Å²) in [5.41, 5.74) is 0.610. The molecule has 1 amide bonds. The number of aromatic nitrogens is 2. The van der Waals surface area contributed by atoms with Crippen LogP contribution in [0.5, 0.6) is 0 Å². The number of ether oxygens (including phenoxy) is 1. The Labute approximate surface area is 178 Å². The number of rotatable bonds is 3. The van der Waals surface area contributed by atoms with E-state index in [9.17, 15) is 9.90 Å². The van der Waals surface area contributed by atoms with Crippen LogP contribution in [-0.4, -0.2) is 58.9 Å². The van der Waals surface area contributed by atoms with Crippen LogP contribution in [0.1, 0.15) is 68.9 Å². The summed E-state index contributed by atoms with van der Waals surface area (Å²) in [6, 6.07) is 0.154. The van der Waals surface area contributed by atoms with Crippen molar-refractivity contribution in [2.75, 3.05) is 31.2 Å². The molecule has 5 fully saturated rings. The van der Waals surface area contributed by atoms with Gasteiger partial charge in [-0.3, -0.25) is 4.79 Å². The van der Waals surface area contributed by atoms with Gasteiger partial charge in [0.1, 0.15) is 0 Å². The van der Waals surface area contributed by atoms with Crippen LogP contribution in [0.15, 0.2) is 6.20 Å². The summed E-state index contributed by atoms with van der Waals surface area (Å²) in [6.45, 7) is 9.16. The largest absolute Gasteiger partial charge is 0.390 e. The van der Waals surface area contributed by atoms with E-state index in [1.165, 1.54) is 0 Å². The zero-order chi connectivity index (χ0) is 21.1. The molecular weight excluding hydrogens is 380 g/mol.